The van der Waals surface area contributed by atoms with Gasteiger partial charge in [0.2, 0.25) is 0 Å². The van der Waals surface area contributed by atoms with E-state index in [-0.39, 0.29) is 23.1 Å². The van der Waals surface area contributed by atoms with Crippen molar-refractivity contribution in [1.29, 1.82) is 0 Å². The number of carbonyl (C=O) groups excluding carboxylic acids is 1. The van der Waals surface area contributed by atoms with Crippen LogP contribution < -0.4 is 0 Å². The number of benzene rings is 1. The van der Waals surface area contributed by atoms with Gasteiger partial charge in [0.05, 0.1) is 12.1 Å². The molecule has 1 amide bonds. The van der Waals surface area contributed by atoms with Gasteiger partial charge in [0.1, 0.15) is 0 Å². The van der Waals surface area contributed by atoms with E-state index in [4.69, 9.17) is 5.11 Å². The minimum Gasteiger partial charge on any atom is -0.478 e. The molecule has 0 aliphatic carbocycles. The molecule has 0 saturated carbocycles. The van der Waals surface area contributed by atoms with Crippen LogP contribution in [0, 0.1) is 0 Å². The molecule has 0 spiro atoms. The molecule has 1 fully saturated rings. The molecule has 1 aromatic rings. The summed E-state index contributed by atoms with van der Waals surface area (Å²) in [5, 5.41) is 8.97. The summed E-state index contributed by atoms with van der Waals surface area (Å²) in [5.74, 6) is -1.41. The van der Waals surface area contributed by atoms with Crippen LogP contribution in [0.3, 0.4) is 0 Å². The Morgan fingerprint density at radius 1 is 1.25 bits per heavy atom. The van der Waals surface area contributed by atoms with Crippen molar-refractivity contribution in [3.8, 4) is 0 Å². The number of hydrogen-bond acceptors (Lipinski definition) is 3. The van der Waals surface area contributed by atoms with Gasteiger partial charge in [0.25, 0.3) is 5.91 Å². The number of halogens is 3. The van der Waals surface area contributed by atoms with Gasteiger partial charge in [-0.1, -0.05) is 6.07 Å². The number of carboxylic acids is 1. The summed E-state index contributed by atoms with van der Waals surface area (Å²) < 4.78 is 37.3. The van der Waals surface area contributed by atoms with Crippen molar-refractivity contribution >= 4 is 11.9 Å². The number of likely N-dealkylation sites (tertiary alicyclic amines) is 1. The Morgan fingerprint density at radius 2 is 1.83 bits per heavy atom. The van der Waals surface area contributed by atoms with E-state index in [9.17, 15) is 22.8 Å². The Kier molecular flexibility index (Phi) is 5.48. The Morgan fingerprint density at radius 3 is 2.38 bits per heavy atom. The van der Waals surface area contributed by atoms with Gasteiger partial charge in [-0.3, -0.25) is 9.69 Å². The molecule has 1 heterocycles. The lowest BCUT2D eigenvalue weighted by Crippen LogP contribution is -2.47. The fourth-order valence-corrected chi connectivity index (χ4v) is 2.89. The van der Waals surface area contributed by atoms with Crippen LogP contribution >= 0.6 is 0 Å². The van der Waals surface area contributed by atoms with Gasteiger partial charge in [-0.2, -0.15) is 13.2 Å². The first kappa shape index (κ1) is 18.3. The van der Waals surface area contributed by atoms with Crippen molar-refractivity contribution < 1.29 is 27.9 Å². The average molecular weight is 344 g/mol. The monoisotopic (exact) mass is 344 g/mol. The number of alkyl halides is 3. The summed E-state index contributed by atoms with van der Waals surface area (Å²) in [6.45, 7) is -0.266. The predicted octanol–water partition coefficient (Wildman–Crippen LogP) is 2.48. The molecule has 1 aromatic carbocycles. The third kappa shape index (κ3) is 4.70. The number of amides is 1. The van der Waals surface area contributed by atoms with Crippen molar-refractivity contribution in [3.63, 3.8) is 0 Å². The zero-order valence-electron chi connectivity index (χ0n) is 13.2. The van der Waals surface area contributed by atoms with E-state index in [1.165, 1.54) is 36.2 Å². The van der Waals surface area contributed by atoms with Gasteiger partial charge in [-0.25, -0.2) is 4.79 Å². The summed E-state index contributed by atoms with van der Waals surface area (Å²) >= 11 is 0. The molecule has 1 aliphatic heterocycles. The van der Waals surface area contributed by atoms with Crippen molar-refractivity contribution in [3.05, 3.63) is 35.4 Å². The predicted molar refractivity (Wildman–Crippen MR) is 81.0 cm³/mol. The van der Waals surface area contributed by atoms with E-state index >= 15 is 0 Å². The highest BCUT2D eigenvalue weighted by molar-refractivity contribution is 5.97. The van der Waals surface area contributed by atoms with E-state index in [1.807, 2.05) is 0 Å². The van der Waals surface area contributed by atoms with E-state index in [0.29, 0.717) is 25.9 Å². The minimum absolute atomic E-state index is 0.0284. The van der Waals surface area contributed by atoms with Crippen LogP contribution in [0.2, 0.25) is 0 Å². The summed E-state index contributed by atoms with van der Waals surface area (Å²) in [7, 11) is 1.44. The lowest BCUT2D eigenvalue weighted by atomic mass is 10.0. The van der Waals surface area contributed by atoms with E-state index in [1.54, 1.807) is 4.90 Å². The number of aromatic carboxylic acids is 1. The quantitative estimate of drug-likeness (QED) is 0.912. The Balaban J connectivity index is 1.95. The van der Waals surface area contributed by atoms with Crippen LogP contribution in [0.15, 0.2) is 24.3 Å². The zero-order valence-corrected chi connectivity index (χ0v) is 13.2. The van der Waals surface area contributed by atoms with Gasteiger partial charge in [0, 0.05) is 24.7 Å². The normalized spacial score (nSPS) is 16.5. The molecule has 0 atom stereocenters. The molecule has 0 radical (unpaired) electrons. The first-order chi connectivity index (χ1) is 11.2. The van der Waals surface area contributed by atoms with Gasteiger partial charge < -0.3 is 10.0 Å². The Labute approximate surface area is 137 Å². The molecule has 2 rings (SSSR count). The number of carbonyl (C=O) groups is 2. The minimum atomic E-state index is -4.24. The largest absolute Gasteiger partial charge is 0.478 e. The summed E-state index contributed by atoms with van der Waals surface area (Å²) in [5.41, 5.74) is 0.303. The van der Waals surface area contributed by atoms with Gasteiger partial charge in [-0.05, 0) is 38.1 Å². The standard InChI is InChI=1S/C16H19F3N2O3/c1-20(10-16(17,18)19)13-5-7-21(8-6-13)14(22)11-3-2-4-12(9-11)15(23)24/h2-4,9,13H,5-8,10H2,1H3,(H,23,24). The fourth-order valence-electron chi connectivity index (χ4n) is 2.89. The molecule has 132 valence electrons. The molecule has 5 nitrogen and oxygen atoms in total. The molecule has 1 N–H and O–H groups in total. The van der Waals surface area contributed by atoms with E-state index in [2.05, 4.69) is 0 Å². The zero-order chi connectivity index (χ0) is 17.9. The van der Waals surface area contributed by atoms with E-state index in [0.717, 1.165) is 0 Å². The second-order valence-electron chi connectivity index (χ2n) is 5.94. The van der Waals surface area contributed by atoms with Gasteiger partial charge in [0.15, 0.2) is 0 Å². The Hall–Kier alpha value is -2.09. The molecule has 1 saturated heterocycles. The van der Waals surface area contributed by atoms with Crippen molar-refractivity contribution in [1.82, 2.24) is 9.80 Å². The van der Waals surface area contributed by atoms with Crippen LogP contribution in [0.4, 0.5) is 13.2 Å². The smallest absolute Gasteiger partial charge is 0.401 e. The van der Waals surface area contributed by atoms with Crippen molar-refractivity contribution in [2.45, 2.75) is 25.1 Å². The first-order valence-electron chi connectivity index (χ1n) is 7.57. The van der Waals surface area contributed by atoms with Crippen molar-refractivity contribution in [2.24, 2.45) is 0 Å². The van der Waals surface area contributed by atoms with Crippen LogP contribution in [0.25, 0.3) is 0 Å². The maximum absolute atomic E-state index is 12.4. The van der Waals surface area contributed by atoms with Crippen LogP contribution in [0.1, 0.15) is 33.6 Å². The lowest BCUT2D eigenvalue weighted by Gasteiger charge is -2.37. The molecule has 24 heavy (non-hydrogen) atoms. The number of nitrogens with zero attached hydrogens (tertiary/aromatic N) is 2. The highest BCUT2D eigenvalue weighted by Crippen LogP contribution is 2.22. The molecule has 0 aromatic heterocycles. The Bertz CT molecular complexity index is 611. The van der Waals surface area contributed by atoms with Gasteiger partial charge in [-0.15, -0.1) is 0 Å². The molecular weight excluding hydrogens is 325 g/mol. The number of piperidine rings is 1. The first-order valence-corrected chi connectivity index (χ1v) is 7.57. The second-order valence-corrected chi connectivity index (χ2v) is 5.94. The molecule has 0 bridgehead atoms. The van der Waals surface area contributed by atoms with Crippen LogP contribution in [0.5, 0.6) is 0 Å². The number of carboxylic acid groups (broad SMARTS) is 1. The maximum Gasteiger partial charge on any atom is 0.401 e. The highest BCUT2D eigenvalue weighted by atomic mass is 19.4. The van der Waals surface area contributed by atoms with Gasteiger partial charge >= 0.3 is 12.1 Å². The van der Waals surface area contributed by atoms with Crippen LogP contribution in [-0.4, -0.2) is 65.7 Å². The summed E-state index contributed by atoms with van der Waals surface area (Å²) in [4.78, 5) is 26.2. The lowest BCUT2D eigenvalue weighted by molar-refractivity contribution is -0.148. The topological polar surface area (TPSA) is 60.9 Å². The van der Waals surface area contributed by atoms with Crippen LogP contribution in [-0.2, 0) is 0 Å². The summed E-state index contributed by atoms with van der Waals surface area (Å²) in [6.07, 6.45) is -3.33. The molecule has 1 aliphatic rings. The molecule has 0 unspecified atom stereocenters. The molecular formula is C16H19F3N2O3. The molecule has 8 heteroatoms. The fraction of sp³-hybridized carbons (Fsp3) is 0.500. The average Bonchev–Trinajstić information content (AvgIpc) is 2.53. The second kappa shape index (κ2) is 7.21. The van der Waals surface area contributed by atoms with E-state index < -0.39 is 18.7 Å². The highest BCUT2D eigenvalue weighted by Gasteiger charge is 2.33. The maximum atomic E-state index is 12.4. The third-order valence-electron chi connectivity index (χ3n) is 4.16. The summed E-state index contributed by atoms with van der Waals surface area (Å²) in [6, 6.07) is 5.53. The third-order valence-corrected chi connectivity index (χ3v) is 4.16. The van der Waals surface area contributed by atoms with Crippen molar-refractivity contribution in [2.75, 3.05) is 26.7 Å². The SMILES string of the molecule is CN(CC(F)(F)F)C1CCN(C(=O)c2cccc(C(=O)O)c2)CC1. The number of rotatable bonds is 4. The number of hydrogen-bond donors (Lipinski definition) is 1.